The zero-order chi connectivity index (χ0) is 21.3. The predicted molar refractivity (Wildman–Crippen MR) is 114 cm³/mol. The van der Waals surface area contributed by atoms with Crippen molar-refractivity contribution in [2.24, 2.45) is 0 Å². The monoisotopic (exact) mass is 412 g/mol. The zero-order valence-electron chi connectivity index (χ0n) is 17.0. The number of benzene rings is 2. The Kier molecular flexibility index (Phi) is 5.24. The van der Waals surface area contributed by atoms with Gasteiger partial charge in [-0.1, -0.05) is 0 Å². The van der Waals surface area contributed by atoms with Crippen molar-refractivity contribution in [3.05, 3.63) is 48.3 Å². The van der Waals surface area contributed by atoms with E-state index in [4.69, 9.17) is 4.74 Å². The maximum atomic E-state index is 13.0. The number of nitrogens with one attached hydrogen (secondary N) is 2. The number of imidazole rings is 1. The Labute approximate surface area is 173 Å². The molecule has 30 heavy (non-hydrogen) atoms. The molecule has 158 valence electrons. The van der Waals surface area contributed by atoms with Crippen LogP contribution in [0.1, 0.15) is 26.7 Å². The van der Waals surface area contributed by atoms with Gasteiger partial charge < -0.3 is 25.0 Å². The highest BCUT2D eigenvalue weighted by Gasteiger charge is 2.27. The highest BCUT2D eigenvalue weighted by Crippen LogP contribution is 2.26. The minimum absolute atomic E-state index is 0.0881. The Morgan fingerprint density at radius 1 is 1.23 bits per heavy atom. The summed E-state index contributed by atoms with van der Waals surface area (Å²) in [5.41, 5.74) is 1.33. The summed E-state index contributed by atoms with van der Waals surface area (Å²) in [5.74, 6) is 0.285. The Morgan fingerprint density at radius 3 is 2.60 bits per heavy atom. The van der Waals surface area contributed by atoms with E-state index in [1.807, 2.05) is 18.2 Å². The van der Waals surface area contributed by atoms with Crippen LogP contribution in [0.4, 0.5) is 16.0 Å². The van der Waals surface area contributed by atoms with Gasteiger partial charge in [-0.15, -0.1) is 0 Å². The molecule has 0 aliphatic carbocycles. The molecule has 1 saturated heterocycles. The lowest BCUT2D eigenvalue weighted by molar-refractivity contribution is -0.141. The Bertz CT molecular complexity index is 1040. The highest BCUT2D eigenvalue weighted by atomic mass is 19.1. The number of H-pyrrole nitrogens is 1. The van der Waals surface area contributed by atoms with Crippen LogP contribution < -0.4 is 15.0 Å². The molecule has 1 fully saturated rings. The van der Waals surface area contributed by atoms with Crippen molar-refractivity contribution in [2.45, 2.75) is 38.3 Å². The summed E-state index contributed by atoms with van der Waals surface area (Å²) >= 11 is 0. The molecule has 4 rings (SSSR count). The van der Waals surface area contributed by atoms with Crippen molar-refractivity contribution in [2.75, 3.05) is 23.3 Å². The maximum Gasteiger partial charge on any atom is 0.328 e. The number of halogens is 1. The number of carboxylic acids is 1. The summed E-state index contributed by atoms with van der Waals surface area (Å²) in [7, 11) is 0. The summed E-state index contributed by atoms with van der Waals surface area (Å²) < 4.78 is 19.0. The van der Waals surface area contributed by atoms with E-state index in [0.717, 1.165) is 48.6 Å². The fraction of sp³-hybridized carbons (Fsp3) is 0.364. The van der Waals surface area contributed by atoms with Crippen LogP contribution in [0, 0.1) is 5.82 Å². The molecule has 0 saturated carbocycles. The summed E-state index contributed by atoms with van der Waals surface area (Å²) in [6.07, 6.45) is 1.77. The quantitative estimate of drug-likeness (QED) is 0.566. The fourth-order valence-corrected chi connectivity index (χ4v) is 3.53. The second-order valence-electron chi connectivity index (χ2n) is 8.11. The third-order valence-corrected chi connectivity index (χ3v) is 5.32. The smallest absolute Gasteiger partial charge is 0.328 e. The largest absolute Gasteiger partial charge is 0.490 e. The SMILES string of the molecule is CC(C)(Nc1ccc2nc(N3CCC(Oc4ccc(F)cc4)CC3)[nH]c2c1)C(=O)O. The molecule has 1 aromatic heterocycles. The average Bonchev–Trinajstić information content (AvgIpc) is 3.13. The zero-order valence-corrected chi connectivity index (χ0v) is 17.0. The van der Waals surface area contributed by atoms with Gasteiger partial charge >= 0.3 is 5.97 Å². The number of aromatic nitrogens is 2. The van der Waals surface area contributed by atoms with Gasteiger partial charge in [-0.05, 0) is 56.3 Å². The van der Waals surface area contributed by atoms with Gasteiger partial charge in [-0.3, -0.25) is 0 Å². The molecule has 0 amide bonds. The number of nitrogens with zero attached hydrogens (tertiary/aromatic N) is 2. The number of fused-ring (bicyclic) bond motifs is 1. The predicted octanol–water partition coefficient (Wildman–Crippen LogP) is 4.02. The molecular formula is C22H25FN4O3. The molecule has 2 aromatic carbocycles. The number of ether oxygens (including phenoxy) is 1. The van der Waals surface area contributed by atoms with Gasteiger partial charge in [0.1, 0.15) is 23.2 Å². The van der Waals surface area contributed by atoms with Crippen LogP contribution in [0.25, 0.3) is 11.0 Å². The minimum atomic E-state index is -1.07. The molecular weight excluding hydrogens is 387 g/mol. The van der Waals surface area contributed by atoms with E-state index in [-0.39, 0.29) is 11.9 Å². The standard InChI is InChI=1S/C22H25FN4O3/c1-22(2,20(28)29)26-15-5-8-18-19(13-15)25-21(24-18)27-11-9-17(10-12-27)30-16-6-3-14(23)4-7-16/h3-8,13,17,26H,9-12H2,1-2H3,(H,24,25)(H,28,29). The molecule has 0 spiro atoms. The normalized spacial score (nSPS) is 15.4. The molecule has 0 unspecified atom stereocenters. The van der Waals surface area contributed by atoms with E-state index >= 15 is 0 Å². The molecule has 8 heteroatoms. The second kappa shape index (κ2) is 7.85. The van der Waals surface area contributed by atoms with Crippen molar-refractivity contribution < 1.29 is 19.0 Å². The van der Waals surface area contributed by atoms with Gasteiger partial charge in [0, 0.05) is 31.6 Å². The molecule has 0 atom stereocenters. The van der Waals surface area contributed by atoms with Crippen LogP contribution in [0.5, 0.6) is 5.75 Å². The van der Waals surface area contributed by atoms with Crippen LogP contribution in [0.2, 0.25) is 0 Å². The topological polar surface area (TPSA) is 90.5 Å². The summed E-state index contributed by atoms with van der Waals surface area (Å²) in [6.45, 7) is 4.83. The van der Waals surface area contributed by atoms with E-state index < -0.39 is 11.5 Å². The molecule has 2 heterocycles. The second-order valence-corrected chi connectivity index (χ2v) is 8.11. The van der Waals surface area contributed by atoms with E-state index in [1.54, 1.807) is 26.0 Å². The van der Waals surface area contributed by atoms with Crippen LogP contribution in [0.3, 0.4) is 0 Å². The molecule has 1 aliphatic rings. The summed E-state index contributed by atoms with van der Waals surface area (Å²) in [5, 5.41) is 12.3. The summed E-state index contributed by atoms with van der Waals surface area (Å²) in [6, 6.07) is 11.7. The van der Waals surface area contributed by atoms with Gasteiger partial charge in [0.25, 0.3) is 0 Å². The molecule has 7 nitrogen and oxygen atoms in total. The number of hydrogen-bond acceptors (Lipinski definition) is 5. The maximum absolute atomic E-state index is 13.0. The average molecular weight is 412 g/mol. The fourth-order valence-electron chi connectivity index (χ4n) is 3.53. The number of carboxylic acid groups (broad SMARTS) is 1. The van der Waals surface area contributed by atoms with Gasteiger partial charge in [-0.2, -0.15) is 0 Å². The Hall–Kier alpha value is -3.29. The summed E-state index contributed by atoms with van der Waals surface area (Å²) in [4.78, 5) is 21.5. The first kappa shape index (κ1) is 20.0. The van der Waals surface area contributed by atoms with Gasteiger partial charge in [0.05, 0.1) is 11.0 Å². The van der Waals surface area contributed by atoms with Gasteiger partial charge in [0.2, 0.25) is 5.95 Å². The van der Waals surface area contributed by atoms with Gasteiger partial charge in [0.15, 0.2) is 0 Å². The third kappa shape index (κ3) is 4.32. The van der Waals surface area contributed by atoms with E-state index in [2.05, 4.69) is 20.2 Å². The first-order valence-corrected chi connectivity index (χ1v) is 9.99. The van der Waals surface area contributed by atoms with Crippen LogP contribution in [0.15, 0.2) is 42.5 Å². The minimum Gasteiger partial charge on any atom is -0.490 e. The Morgan fingerprint density at radius 2 is 1.93 bits per heavy atom. The lowest BCUT2D eigenvalue weighted by atomic mass is 10.1. The number of rotatable bonds is 6. The van der Waals surface area contributed by atoms with Crippen molar-refractivity contribution in [3.8, 4) is 5.75 Å². The van der Waals surface area contributed by atoms with Crippen LogP contribution in [-0.2, 0) is 4.79 Å². The van der Waals surface area contributed by atoms with Crippen LogP contribution >= 0.6 is 0 Å². The van der Waals surface area contributed by atoms with E-state index in [1.165, 1.54) is 12.1 Å². The molecule has 0 bridgehead atoms. The first-order chi connectivity index (χ1) is 14.3. The number of hydrogen-bond donors (Lipinski definition) is 3. The number of anilines is 2. The lowest BCUT2D eigenvalue weighted by Gasteiger charge is -2.31. The number of aliphatic carboxylic acids is 1. The molecule has 3 aromatic rings. The van der Waals surface area contributed by atoms with Crippen molar-refractivity contribution in [1.29, 1.82) is 0 Å². The number of aromatic amines is 1. The van der Waals surface area contributed by atoms with Crippen molar-refractivity contribution in [3.63, 3.8) is 0 Å². The van der Waals surface area contributed by atoms with E-state index in [9.17, 15) is 14.3 Å². The van der Waals surface area contributed by atoms with Crippen molar-refractivity contribution in [1.82, 2.24) is 9.97 Å². The van der Waals surface area contributed by atoms with E-state index in [0.29, 0.717) is 5.75 Å². The van der Waals surface area contributed by atoms with Gasteiger partial charge in [-0.25, -0.2) is 14.2 Å². The lowest BCUT2D eigenvalue weighted by Crippen LogP contribution is -2.39. The van der Waals surface area contributed by atoms with Crippen LogP contribution in [-0.4, -0.2) is 45.8 Å². The first-order valence-electron chi connectivity index (χ1n) is 9.99. The highest BCUT2D eigenvalue weighted by molar-refractivity contribution is 5.85. The third-order valence-electron chi connectivity index (χ3n) is 5.32. The van der Waals surface area contributed by atoms with Crippen molar-refractivity contribution >= 4 is 28.6 Å². The number of piperidine rings is 1. The molecule has 0 radical (unpaired) electrons. The number of carbonyl (C=O) groups is 1. The molecule has 1 aliphatic heterocycles. The Balaban J connectivity index is 1.40. The molecule has 3 N–H and O–H groups in total.